The van der Waals surface area contributed by atoms with Crippen LogP contribution in [0.1, 0.15) is 24.0 Å². The zero-order valence-electron chi connectivity index (χ0n) is 15.7. The van der Waals surface area contributed by atoms with Crippen LogP contribution in [0.5, 0.6) is 0 Å². The topological polar surface area (TPSA) is 83.4 Å². The molecule has 140 valence electrons. The van der Waals surface area contributed by atoms with Gasteiger partial charge in [0.2, 0.25) is 0 Å². The third kappa shape index (κ3) is 2.76. The first-order valence-corrected chi connectivity index (χ1v) is 9.60. The molecule has 2 aliphatic heterocycles. The van der Waals surface area contributed by atoms with E-state index in [1.807, 2.05) is 6.20 Å². The van der Waals surface area contributed by atoms with Crippen molar-refractivity contribution < 1.29 is 0 Å². The highest BCUT2D eigenvalue weighted by atomic mass is 15.4. The van der Waals surface area contributed by atoms with Gasteiger partial charge in [-0.2, -0.15) is 0 Å². The van der Waals surface area contributed by atoms with Crippen molar-refractivity contribution in [1.82, 2.24) is 14.9 Å². The number of nitrogens with two attached hydrogens (primary N) is 2. The van der Waals surface area contributed by atoms with Crippen molar-refractivity contribution in [2.45, 2.75) is 18.3 Å². The van der Waals surface area contributed by atoms with Gasteiger partial charge in [0, 0.05) is 48.9 Å². The molecular weight excluding hydrogens is 336 g/mol. The Morgan fingerprint density at radius 2 is 2.04 bits per heavy atom. The van der Waals surface area contributed by atoms with Gasteiger partial charge in [-0.1, -0.05) is 18.2 Å². The average Bonchev–Trinajstić information content (AvgIpc) is 3.39. The number of benzene rings is 1. The van der Waals surface area contributed by atoms with Crippen LogP contribution >= 0.6 is 0 Å². The minimum atomic E-state index is 0.337. The largest absolute Gasteiger partial charge is 0.397 e. The van der Waals surface area contributed by atoms with Crippen LogP contribution in [0.3, 0.4) is 0 Å². The van der Waals surface area contributed by atoms with Gasteiger partial charge in [-0.25, -0.2) is 10.8 Å². The molecule has 0 bridgehead atoms. The number of hydrogen-bond acceptors (Lipinski definition) is 6. The summed E-state index contributed by atoms with van der Waals surface area (Å²) in [6, 6.07) is 10.7. The number of nitrogens with one attached hydrogen (secondary N) is 1. The lowest BCUT2D eigenvalue weighted by molar-refractivity contribution is 0.207. The van der Waals surface area contributed by atoms with E-state index in [9.17, 15) is 0 Å². The third-order valence-electron chi connectivity index (χ3n) is 6.21. The predicted molar refractivity (Wildman–Crippen MR) is 109 cm³/mol. The smallest absolute Gasteiger partial charge is 0.129 e. The van der Waals surface area contributed by atoms with Crippen molar-refractivity contribution in [3.05, 3.63) is 53.4 Å². The number of likely N-dealkylation sites (N-methyl/N-ethyl adjacent to an activating group) is 1. The fourth-order valence-corrected chi connectivity index (χ4v) is 4.22. The van der Waals surface area contributed by atoms with Crippen molar-refractivity contribution >= 4 is 11.5 Å². The Labute approximate surface area is 159 Å². The normalized spacial score (nSPS) is 22.5. The maximum absolute atomic E-state index is 6.52. The van der Waals surface area contributed by atoms with Gasteiger partial charge in [0.25, 0.3) is 0 Å². The summed E-state index contributed by atoms with van der Waals surface area (Å²) in [5.41, 5.74) is 13.3. The summed E-state index contributed by atoms with van der Waals surface area (Å²) in [6.07, 6.45) is 4.48. The van der Waals surface area contributed by atoms with Crippen molar-refractivity contribution in [3.63, 3.8) is 0 Å². The average molecular weight is 362 g/mol. The fraction of sp³-hybridized carbons (Fsp3) is 0.381. The first-order valence-electron chi connectivity index (χ1n) is 9.60. The van der Waals surface area contributed by atoms with E-state index in [1.54, 1.807) is 5.01 Å². The number of aromatic nitrogens is 1. The maximum atomic E-state index is 6.52. The van der Waals surface area contributed by atoms with Gasteiger partial charge in [0.1, 0.15) is 5.82 Å². The second-order valence-electron chi connectivity index (χ2n) is 8.13. The number of piperazine rings is 1. The van der Waals surface area contributed by atoms with Gasteiger partial charge in [0.15, 0.2) is 0 Å². The zero-order valence-corrected chi connectivity index (χ0v) is 15.7. The van der Waals surface area contributed by atoms with Crippen LogP contribution in [0.4, 0.5) is 5.82 Å². The minimum Gasteiger partial charge on any atom is -0.397 e. The lowest BCUT2D eigenvalue weighted by Gasteiger charge is -2.34. The molecule has 2 fully saturated rings. The lowest BCUT2D eigenvalue weighted by Crippen LogP contribution is -2.47. The quantitative estimate of drug-likeness (QED) is 0.709. The molecule has 3 aliphatic rings. The number of hydrogen-bond donors (Lipinski definition) is 3. The second-order valence-corrected chi connectivity index (χ2v) is 8.13. The first-order chi connectivity index (χ1) is 13.1. The standard InChI is InChI=1S/C21H26N6/c1-26-7-8-27(23)18(12-26)19(22)15-4-2-3-14(9-15)16-10-17-20(24-11-16)25-13-21(17)5-6-21/h2-4,9-11H,5-8,12-13,22-23H2,1H3,(H,24,25)/b19-18-. The third-order valence-corrected chi connectivity index (χ3v) is 6.21. The van der Waals surface area contributed by atoms with Gasteiger partial charge in [-0.3, -0.25) is 4.90 Å². The van der Waals surface area contributed by atoms with Gasteiger partial charge in [-0.15, -0.1) is 0 Å². The van der Waals surface area contributed by atoms with Gasteiger partial charge in [-0.05, 0) is 43.1 Å². The number of nitrogens with zero attached hydrogens (tertiary/aromatic N) is 3. The Morgan fingerprint density at radius 1 is 1.19 bits per heavy atom. The summed E-state index contributed by atoms with van der Waals surface area (Å²) in [6.45, 7) is 3.53. The van der Waals surface area contributed by atoms with Crippen LogP contribution in [0.15, 0.2) is 42.2 Å². The minimum absolute atomic E-state index is 0.337. The van der Waals surface area contributed by atoms with Crippen LogP contribution in [0.25, 0.3) is 16.8 Å². The number of fused-ring (bicyclic) bond motifs is 2. The van der Waals surface area contributed by atoms with Crippen LogP contribution < -0.4 is 16.9 Å². The highest BCUT2D eigenvalue weighted by molar-refractivity contribution is 5.74. The summed E-state index contributed by atoms with van der Waals surface area (Å²) in [5, 5.41) is 5.23. The monoisotopic (exact) mass is 362 g/mol. The molecule has 1 saturated carbocycles. The zero-order chi connectivity index (χ0) is 18.6. The molecule has 5 rings (SSSR count). The van der Waals surface area contributed by atoms with E-state index in [-0.39, 0.29) is 0 Å². The van der Waals surface area contributed by atoms with Crippen LogP contribution in [-0.2, 0) is 5.41 Å². The molecule has 3 heterocycles. The Hall–Kier alpha value is -2.57. The SMILES string of the molecule is CN1CCN(N)/C(=C(\N)c2cccc(-c3cnc4c(c3)C3(CC3)CN4)c2)C1. The van der Waals surface area contributed by atoms with E-state index in [0.29, 0.717) is 5.41 Å². The molecule has 0 atom stereocenters. The Balaban J connectivity index is 1.52. The molecule has 1 aliphatic carbocycles. The number of pyridine rings is 1. The van der Waals surface area contributed by atoms with Crippen molar-refractivity contribution in [2.75, 3.05) is 38.5 Å². The van der Waals surface area contributed by atoms with Crippen molar-refractivity contribution in [1.29, 1.82) is 0 Å². The Morgan fingerprint density at radius 3 is 2.85 bits per heavy atom. The molecule has 1 saturated heterocycles. The summed E-state index contributed by atoms with van der Waals surface area (Å²) in [7, 11) is 2.09. The Kier molecular flexibility index (Phi) is 3.67. The van der Waals surface area contributed by atoms with Gasteiger partial charge >= 0.3 is 0 Å². The summed E-state index contributed by atoms with van der Waals surface area (Å²) in [4.78, 5) is 6.91. The molecule has 0 unspecified atom stereocenters. The second kappa shape index (κ2) is 5.97. The van der Waals surface area contributed by atoms with Crippen molar-refractivity contribution in [2.24, 2.45) is 11.6 Å². The molecule has 1 aromatic carbocycles. The van der Waals surface area contributed by atoms with Gasteiger partial charge < -0.3 is 16.1 Å². The van der Waals surface area contributed by atoms with Crippen molar-refractivity contribution in [3.8, 4) is 11.1 Å². The van der Waals surface area contributed by atoms with E-state index in [2.05, 4.69) is 52.6 Å². The van der Waals surface area contributed by atoms with E-state index in [4.69, 9.17) is 11.6 Å². The highest BCUT2D eigenvalue weighted by Crippen LogP contribution is 2.54. The first kappa shape index (κ1) is 16.6. The molecule has 6 nitrogen and oxygen atoms in total. The van der Waals surface area contributed by atoms with E-state index < -0.39 is 0 Å². The molecule has 0 radical (unpaired) electrons. The molecule has 27 heavy (non-hydrogen) atoms. The van der Waals surface area contributed by atoms with Gasteiger partial charge in [0.05, 0.1) is 11.4 Å². The molecule has 5 N–H and O–H groups in total. The molecule has 6 heteroatoms. The number of anilines is 1. The molecule has 2 aromatic rings. The molecule has 1 spiro atoms. The van der Waals surface area contributed by atoms with E-state index in [0.717, 1.165) is 60.1 Å². The number of hydrazine groups is 1. The molecule has 0 amide bonds. The summed E-state index contributed by atoms with van der Waals surface area (Å²) < 4.78 is 0. The lowest BCUT2D eigenvalue weighted by atomic mass is 9.96. The van der Waals surface area contributed by atoms with Crippen LogP contribution in [-0.4, -0.2) is 48.1 Å². The van der Waals surface area contributed by atoms with Crippen LogP contribution in [0.2, 0.25) is 0 Å². The summed E-state index contributed by atoms with van der Waals surface area (Å²) >= 11 is 0. The van der Waals surface area contributed by atoms with E-state index in [1.165, 1.54) is 18.4 Å². The number of rotatable bonds is 2. The van der Waals surface area contributed by atoms with E-state index >= 15 is 0 Å². The predicted octanol–water partition coefficient (Wildman–Crippen LogP) is 1.95. The fourth-order valence-electron chi connectivity index (χ4n) is 4.22. The Bertz CT molecular complexity index is 930. The molecular formula is C21H26N6. The van der Waals surface area contributed by atoms with Crippen LogP contribution in [0, 0.1) is 0 Å². The summed E-state index contributed by atoms with van der Waals surface area (Å²) in [5.74, 6) is 7.23. The highest BCUT2D eigenvalue weighted by Gasteiger charge is 2.49. The maximum Gasteiger partial charge on any atom is 0.129 e. The molecule has 1 aromatic heterocycles.